The third-order valence-corrected chi connectivity index (χ3v) is 5.52. The highest BCUT2D eigenvalue weighted by Gasteiger charge is 2.30. The van der Waals surface area contributed by atoms with Gasteiger partial charge in [0.25, 0.3) is 0 Å². The normalized spacial score (nSPS) is 19.1. The van der Waals surface area contributed by atoms with Crippen LogP contribution in [0, 0.1) is 5.92 Å². The fourth-order valence-electron chi connectivity index (χ4n) is 2.56. The van der Waals surface area contributed by atoms with Gasteiger partial charge >= 0.3 is 0 Å². The lowest BCUT2D eigenvalue weighted by Gasteiger charge is -2.33. The minimum atomic E-state index is -3.13. The van der Waals surface area contributed by atoms with Crippen LogP contribution in [0.25, 0.3) is 0 Å². The van der Waals surface area contributed by atoms with Gasteiger partial charge in [0.05, 0.1) is 5.75 Å². The van der Waals surface area contributed by atoms with Crippen LogP contribution in [0.2, 0.25) is 0 Å². The van der Waals surface area contributed by atoms with Crippen molar-refractivity contribution in [3.63, 3.8) is 0 Å². The second-order valence-electron chi connectivity index (χ2n) is 5.36. The van der Waals surface area contributed by atoms with E-state index in [0.29, 0.717) is 13.1 Å². The van der Waals surface area contributed by atoms with Gasteiger partial charge in [-0.1, -0.05) is 33.1 Å². The van der Waals surface area contributed by atoms with Crippen LogP contribution < -0.4 is 5.73 Å². The van der Waals surface area contributed by atoms with Crippen LogP contribution in [0.15, 0.2) is 0 Å². The van der Waals surface area contributed by atoms with Crippen LogP contribution >= 0.6 is 0 Å². The number of sulfonamides is 1. The fourth-order valence-corrected chi connectivity index (χ4v) is 4.64. The third-order valence-electron chi connectivity index (χ3n) is 3.23. The van der Waals surface area contributed by atoms with Crippen molar-refractivity contribution in [2.45, 2.75) is 52.0 Å². The molecule has 0 aliphatic heterocycles. The van der Waals surface area contributed by atoms with Crippen molar-refractivity contribution in [1.29, 1.82) is 0 Å². The molecular weight excluding hydrogens is 236 g/mol. The highest BCUT2D eigenvalue weighted by atomic mass is 32.2. The first-order valence-electron chi connectivity index (χ1n) is 6.67. The van der Waals surface area contributed by atoms with Crippen LogP contribution in [-0.4, -0.2) is 37.6 Å². The van der Waals surface area contributed by atoms with E-state index in [1.165, 1.54) is 6.42 Å². The molecule has 0 radical (unpaired) electrons. The lowest BCUT2D eigenvalue weighted by molar-refractivity contribution is 0.256. The Kier molecular flexibility index (Phi) is 5.89. The molecule has 0 spiro atoms. The van der Waals surface area contributed by atoms with E-state index in [4.69, 9.17) is 5.73 Å². The smallest absolute Gasteiger partial charge is 0.214 e. The van der Waals surface area contributed by atoms with Crippen molar-refractivity contribution in [1.82, 2.24) is 4.31 Å². The molecule has 0 saturated heterocycles. The number of hydrogen-bond acceptors (Lipinski definition) is 3. The van der Waals surface area contributed by atoms with Crippen molar-refractivity contribution in [3.05, 3.63) is 0 Å². The molecule has 1 rings (SSSR count). The largest absolute Gasteiger partial charge is 0.329 e. The van der Waals surface area contributed by atoms with Crippen LogP contribution in [-0.2, 0) is 10.0 Å². The highest BCUT2D eigenvalue weighted by molar-refractivity contribution is 7.89. The molecule has 0 heterocycles. The molecule has 2 N–H and O–H groups in total. The van der Waals surface area contributed by atoms with Crippen molar-refractivity contribution in [2.24, 2.45) is 11.7 Å². The standard InChI is InChI=1S/C12H26N2O2S/c1-11(2)10-17(15,16)14(9-8-13)12-6-4-3-5-7-12/h11-12H,3-10,13H2,1-2H3. The summed E-state index contributed by atoms with van der Waals surface area (Å²) in [7, 11) is -3.13. The molecule has 4 nitrogen and oxygen atoms in total. The lowest BCUT2D eigenvalue weighted by Crippen LogP contribution is -2.45. The number of rotatable bonds is 6. The molecule has 0 aromatic rings. The average Bonchev–Trinajstić information content (AvgIpc) is 2.25. The summed E-state index contributed by atoms with van der Waals surface area (Å²) in [6.07, 6.45) is 5.51. The molecule has 1 aliphatic carbocycles. The average molecular weight is 262 g/mol. The lowest BCUT2D eigenvalue weighted by atomic mass is 9.95. The summed E-state index contributed by atoms with van der Waals surface area (Å²) >= 11 is 0. The minimum Gasteiger partial charge on any atom is -0.329 e. The molecule has 1 saturated carbocycles. The summed E-state index contributed by atoms with van der Waals surface area (Å²) in [5.41, 5.74) is 5.56. The van der Waals surface area contributed by atoms with Crippen molar-refractivity contribution >= 4 is 10.0 Å². The summed E-state index contributed by atoms with van der Waals surface area (Å²) < 4.78 is 26.3. The minimum absolute atomic E-state index is 0.170. The number of nitrogens with zero attached hydrogens (tertiary/aromatic N) is 1. The summed E-state index contributed by atoms with van der Waals surface area (Å²) in [4.78, 5) is 0. The van der Waals surface area contributed by atoms with Gasteiger partial charge in [0, 0.05) is 19.1 Å². The van der Waals surface area contributed by atoms with Crippen LogP contribution in [0.1, 0.15) is 46.0 Å². The maximum absolute atomic E-state index is 12.3. The zero-order valence-electron chi connectivity index (χ0n) is 11.1. The van der Waals surface area contributed by atoms with E-state index in [2.05, 4.69) is 0 Å². The van der Waals surface area contributed by atoms with Gasteiger partial charge in [0.2, 0.25) is 10.0 Å². The Balaban J connectivity index is 2.75. The summed E-state index contributed by atoms with van der Waals surface area (Å²) in [6, 6.07) is 0.191. The van der Waals surface area contributed by atoms with Crippen molar-refractivity contribution in [3.8, 4) is 0 Å². The molecule has 0 aromatic heterocycles. The van der Waals surface area contributed by atoms with E-state index in [0.717, 1.165) is 25.7 Å². The SMILES string of the molecule is CC(C)CS(=O)(=O)N(CCN)C1CCCCC1. The van der Waals surface area contributed by atoms with E-state index >= 15 is 0 Å². The first-order chi connectivity index (χ1) is 7.97. The molecular formula is C12H26N2O2S. The molecule has 0 aromatic carbocycles. The molecule has 0 unspecified atom stereocenters. The first kappa shape index (κ1) is 14.9. The van der Waals surface area contributed by atoms with Gasteiger partial charge in [-0.25, -0.2) is 8.42 Å². The molecule has 1 fully saturated rings. The fraction of sp³-hybridized carbons (Fsp3) is 1.00. The zero-order chi connectivity index (χ0) is 12.9. The molecule has 1 aliphatic rings. The molecule has 5 heteroatoms. The van der Waals surface area contributed by atoms with Gasteiger partial charge in [-0.15, -0.1) is 0 Å². The zero-order valence-corrected chi connectivity index (χ0v) is 11.9. The number of hydrogen-bond donors (Lipinski definition) is 1. The van der Waals surface area contributed by atoms with Gasteiger partial charge in [0.1, 0.15) is 0 Å². The second kappa shape index (κ2) is 6.71. The van der Waals surface area contributed by atoms with Crippen LogP contribution in [0.3, 0.4) is 0 Å². The Morgan fingerprint density at radius 2 is 1.82 bits per heavy atom. The summed E-state index contributed by atoms with van der Waals surface area (Å²) in [5.74, 6) is 0.410. The quantitative estimate of drug-likeness (QED) is 0.790. The predicted molar refractivity (Wildman–Crippen MR) is 71.3 cm³/mol. The Hall–Kier alpha value is -0.130. The maximum Gasteiger partial charge on any atom is 0.214 e. The molecule has 0 amide bonds. The third kappa shape index (κ3) is 4.56. The predicted octanol–water partition coefficient (Wildman–Crippen LogP) is 1.57. The van der Waals surface area contributed by atoms with Gasteiger partial charge < -0.3 is 5.73 Å². The summed E-state index contributed by atoms with van der Waals surface area (Å²) in [6.45, 7) is 4.77. The van der Waals surface area contributed by atoms with E-state index in [-0.39, 0.29) is 17.7 Å². The monoisotopic (exact) mass is 262 g/mol. The molecule has 102 valence electrons. The van der Waals surface area contributed by atoms with E-state index in [1.807, 2.05) is 13.8 Å². The van der Waals surface area contributed by atoms with Gasteiger partial charge in [-0.2, -0.15) is 4.31 Å². The van der Waals surface area contributed by atoms with Gasteiger partial charge in [-0.05, 0) is 18.8 Å². The van der Waals surface area contributed by atoms with Crippen molar-refractivity contribution < 1.29 is 8.42 Å². The van der Waals surface area contributed by atoms with Gasteiger partial charge in [0.15, 0.2) is 0 Å². The molecule has 0 atom stereocenters. The van der Waals surface area contributed by atoms with Crippen LogP contribution in [0.4, 0.5) is 0 Å². The summed E-state index contributed by atoms with van der Waals surface area (Å²) in [5, 5.41) is 0. The molecule has 17 heavy (non-hydrogen) atoms. The maximum atomic E-state index is 12.3. The second-order valence-corrected chi connectivity index (χ2v) is 7.33. The Morgan fingerprint density at radius 3 is 2.29 bits per heavy atom. The topological polar surface area (TPSA) is 63.4 Å². The Labute approximate surface area is 106 Å². The van der Waals surface area contributed by atoms with E-state index in [9.17, 15) is 8.42 Å². The van der Waals surface area contributed by atoms with E-state index < -0.39 is 10.0 Å². The van der Waals surface area contributed by atoms with Gasteiger partial charge in [-0.3, -0.25) is 0 Å². The highest BCUT2D eigenvalue weighted by Crippen LogP contribution is 2.25. The van der Waals surface area contributed by atoms with Crippen LogP contribution in [0.5, 0.6) is 0 Å². The number of nitrogens with two attached hydrogens (primary N) is 1. The Bertz CT molecular complexity index is 308. The molecule has 0 bridgehead atoms. The Morgan fingerprint density at radius 1 is 1.24 bits per heavy atom. The van der Waals surface area contributed by atoms with E-state index in [1.54, 1.807) is 4.31 Å². The van der Waals surface area contributed by atoms with Crippen molar-refractivity contribution in [2.75, 3.05) is 18.8 Å². The first-order valence-corrected chi connectivity index (χ1v) is 8.28.